The van der Waals surface area contributed by atoms with Gasteiger partial charge in [-0.05, 0) is 38.4 Å². The first-order valence-corrected chi connectivity index (χ1v) is 6.02. The zero-order valence-corrected chi connectivity index (χ0v) is 10.8. The Balaban J connectivity index is 2.85. The predicted molar refractivity (Wildman–Crippen MR) is 69.0 cm³/mol. The molecule has 0 aliphatic carbocycles. The van der Waals surface area contributed by atoms with Crippen LogP contribution in [-0.4, -0.2) is 13.2 Å². The van der Waals surface area contributed by atoms with Crippen molar-refractivity contribution in [3.63, 3.8) is 0 Å². The second-order valence-electron chi connectivity index (χ2n) is 4.16. The monoisotopic (exact) mass is 232 g/mol. The summed E-state index contributed by atoms with van der Waals surface area (Å²) in [6.07, 6.45) is 1.10. The van der Waals surface area contributed by atoms with Gasteiger partial charge in [-0.15, -0.1) is 0 Å². The lowest BCUT2D eigenvalue weighted by Gasteiger charge is -2.17. The van der Waals surface area contributed by atoms with E-state index in [0.29, 0.717) is 0 Å². The molecule has 1 atom stereocenters. The molecule has 0 fully saturated rings. The van der Waals surface area contributed by atoms with Crippen molar-refractivity contribution in [3.8, 4) is 11.8 Å². The number of benzene rings is 1. The van der Waals surface area contributed by atoms with Gasteiger partial charge in [0, 0.05) is 11.6 Å². The van der Waals surface area contributed by atoms with Crippen LogP contribution in [0.4, 0.5) is 0 Å². The topological polar surface area (TPSA) is 45.0 Å². The number of nitrogens with one attached hydrogen (secondary N) is 1. The molecule has 0 saturated carbocycles. The maximum absolute atomic E-state index is 8.58. The minimum absolute atomic E-state index is 0.0942. The van der Waals surface area contributed by atoms with Gasteiger partial charge < -0.3 is 10.1 Å². The Morgan fingerprint density at radius 1 is 1.47 bits per heavy atom. The van der Waals surface area contributed by atoms with E-state index in [4.69, 9.17) is 10.00 Å². The summed E-state index contributed by atoms with van der Waals surface area (Å²) in [5.74, 6) is 0.808. The van der Waals surface area contributed by atoms with E-state index in [0.717, 1.165) is 29.8 Å². The third-order valence-electron chi connectivity index (χ3n) is 2.63. The highest BCUT2D eigenvalue weighted by Gasteiger charge is 2.11. The second-order valence-corrected chi connectivity index (χ2v) is 4.16. The minimum atomic E-state index is 0.0942. The van der Waals surface area contributed by atoms with E-state index in [1.54, 1.807) is 0 Å². The van der Waals surface area contributed by atoms with Crippen molar-refractivity contribution in [2.24, 2.45) is 0 Å². The standard InChI is InChI=1S/C14H20N2O/c1-4-8-16-12(3)13-6-5-11(2)10-14(13)17-9-7-15/h5-6,10,12,16H,4,8-9H2,1-3H3. The van der Waals surface area contributed by atoms with Crippen LogP contribution in [0.3, 0.4) is 0 Å². The highest BCUT2D eigenvalue weighted by atomic mass is 16.5. The minimum Gasteiger partial charge on any atom is -0.478 e. The number of rotatable bonds is 6. The maximum atomic E-state index is 8.58. The van der Waals surface area contributed by atoms with Gasteiger partial charge in [-0.2, -0.15) is 5.26 Å². The summed E-state index contributed by atoms with van der Waals surface area (Å²) in [7, 11) is 0. The highest BCUT2D eigenvalue weighted by Crippen LogP contribution is 2.26. The lowest BCUT2D eigenvalue weighted by atomic mass is 10.0. The van der Waals surface area contributed by atoms with E-state index in [2.05, 4.69) is 31.3 Å². The van der Waals surface area contributed by atoms with Crippen molar-refractivity contribution in [2.75, 3.05) is 13.2 Å². The molecule has 17 heavy (non-hydrogen) atoms. The third-order valence-corrected chi connectivity index (χ3v) is 2.63. The number of nitriles is 1. The first-order chi connectivity index (χ1) is 8.19. The summed E-state index contributed by atoms with van der Waals surface area (Å²) in [6, 6.07) is 8.36. The van der Waals surface area contributed by atoms with E-state index in [1.165, 1.54) is 0 Å². The van der Waals surface area contributed by atoms with Crippen LogP contribution in [0.1, 0.15) is 37.4 Å². The van der Waals surface area contributed by atoms with Crippen molar-refractivity contribution in [1.82, 2.24) is 5.32 Å². The molecule has 0 bridgehead atoms. The van der Waals surface area contributed by atoms with Crippen LogP contribution in [-0.2, 0) is 0 Å². The quantitative estimate of drug-likeness (QED) is 0.820. The largest absolute Gasteiger partial charge is 0.478 e. The number of ether oxygens (including phenoxy) is 1. The van der Waals surface area contributed by atoms with Gasteiger partial charge >= 0.3 is 0 Å². The Hall–Kier alpha value is -1.53. The third kappa shape index (κ3) is 4.08. The van der Waals surface area contributed by atoms with Crippen molar-refractivity contribution < 1.29 is 4.74 Å². The zero-order valence-electron chi connectivity index (χ0n) is 10.8. The molecule has 1 aromatic rings. The number of aryl methyl sites for hydroxylation is 1. The molecule has 0 amide bonds. The van der Waals surface area contributed by atoms with Crippen LogP contribution < -0.4 is 10.1 Å². The predicted octanol–water partition coefficient (Wildman–Crippen LogP) is 2.96. The first kappa shape index (κ1) is 13.5. The molecule has 1 unspecified atom stereocenters. The molecule has 0 radical (unpaired) electrons. The molecule has 1 rings (SSSR count). The molecular formula is C14H20N2O. The van der Waals surface area contributed by atoms with Crippen LogP contribution in [0.25, 0.3) is 0 Å². The van der Waals surface area contributed by atoms with Gasteiger partial charge in [0.2, 0.25) is 0 Å². The highest BCUT2D eigenvalue weighted by molar-refractivity contribution is 5.39. The van der Waals surface area contributed by atoms with Crippen molar-refractivity contribution in [3.05, 3.63) is 29.3 Å². The molecule has 1 aromatic carbocycles. The van der Waals surface area contributed by atoms with Gasteiger partial charge in [0.05, 0.1) is 0 Å². The molecule has 3 nitrogen and oxygen atoms in total. The molecular weight excluding hydrogens is 212 g/mol. The van der Waals surface area contributed by atoms with E-state index in [1.807, 2.05) is 19.1 Å². The molecule has 0 aliphatic heterocycles. The summed E-state index contributed by atoms with van der Waals surface area (Å²) < 4.78 is 5.47. The van der Waals surface area contributed by atoms with E-state index in [-0.39, 0.29) is 12.6 Å². The number of nitrogens with zero attached hydrogens (tertiary/aromatic N) is 1. The molecule has 0 saturated heterocycles. The van der Waals surface area contributed by atoms with Gasteiger partial charge in [-0.25, -0.2) is 0 Å². The molecule has 0 aliphatic rings. The Bertz CT molecular complexity index is 396. The zero-order chi connectivity index (χ0) is 12.7. The Kier molecular flexibility index (Phi) is 5.51. The fourth-order valence-electron chi connectivity index (χ4n) is 1.71. The normalized spacial score (nSPS) is 11.9. The van der Waals surface area contributed by atoms with Gasteiger partial charge in [0.15, 0.2) is 6.61 Å². The molecule has 0 spiro atoms. The van der Waals surface area contributed by atoms with Crippen molar-refractivity contribution >= 4 is 0 Å². The first-order valence-electron chi connectivity index (χ1n) is 6.02. The van der Waals surface area contributed by atoms with E-state index in [9.17, 15) is 0 Å². The average molecular weight is 232 g/mol. The molecule has 0 heterocycles. The summed E-state index contributed by atoms with van der Waals surface area (Å²) in [5, 5.41) is 12.0. The van der Waals surface area contributed by atoms with Crippen LogP contribution in [0.15, 0.2) is 18.2 Å². The van der Waals surface area contributed by atoms with Crippen LogP contribution in [0, 0.1) is 18.3 Å². The molecule has 1 N–H and O–H groups in total. The number of hydrogen-bond acceptors (Lipinski definition) is 3. The second kappa shape index (κ2) is 6.93. The lowest BCUT2D eigenvalue weighted by molar-refractivity contribution is 0.358. The van der Waals surface area contributed by atoms with Gasteiger partial charge in [0.1, 0.15) is 11.8 Å². The molecule has 0 aromatic heterocycles. The van der Waals surface area contributed by atoms with Crippen molar-refractivity contribution in [2.45, 2.75) is 33.2 Å². The van der Waals surface area contributed by atoms with E-state index >= 15 is 0 Å². The Labute approximate surface area is 103 Å². The summed E-state index contributed by atoms with van der Waals surface area (Å²) in [4.78, 5) is 0. The average Bonchev–Trinajstić information content (AvgIpc) is 2.33. The molecule has 3 heteroatoms. The lowest BCUT2D eigenvalue weighted by Crippen LogP contribution is -2.20. The van der Waals surface area contributed by atoms with Crippen LogP contribution >= 0.6 is 0 Å². The Morgan fingerprint density at radius 3 is 2.88 bits per heavy atom. The number of hydrogen-bond donors (Lipinski definition) is 1. The fourth-order valence-corrected chi connectivity index (χ4v) is 1.71. The summed E-state index contributed by atoms with van der Waals surface area (Å²) in [5.41, 5.74) is 2.25. The maximum Gasteiger partial charge on any atom is 0.174 e. The fraction of sp³-hybridized carbons (Fsp3) is 0.500. The van der Waals surface area contributed by atoms with Gasteiger partial charge in [0.25, 0.3) is 0 Å². The molecule has 92 valence electrons. The summed E-state index contributed by atoms with van der Waals surface area (Å²) >= 11 is 0. The van der Waals surface area contributed by atoms with Crippen LogP contribution in [0.5, 0.6) is 5.75 Å². The van der Waals surface area contributed by atoms with E-state index < -0.39 is 0 Å². The van der Waals surface area contributed by atoms with Crippen molar-refractivity contribution in [1.29, 1.82) is 5.26 Å². The van der Waals surface area contributed by atoms with Gasteiger partial charge in [-0.1, -0.05) is 19.1 Å². The SMILES string of the molecule is CCCNC(C)c1ccc(C)cc1OCC#N. The smallest absolute Gasteiger partial charge is 0.174 e. The Morgan fingerprint density at radius 2 is 2.24 bits per heavy atom. The van der Waals surface area contributed by atoms with Crippen LogP contribution in [0.2, 0.25) is 0 Å². The van der Waals surface area contributed by atoms with Gasteiger partial charge in [-0.3, -0.25) is 0 Å². The summed E-state index contributed by atoms with van der Waals surface area (Å²) in [6.45, 7) is 7.35.